The molecule has 7 heteroatoms. The Labute approximate surface area is 152 Å². The zero-order valence-electron chi connectivity index (χ0n) is 15.3. The van der Waals surface area contributed by atoms with Gasteiger partial charge in [0.05, 0.1) is 42.5 Å². The molecule has 140 valence electrons. The molecule has 2 aliphatic heterocycles. The Bertz CT molecular complexity index is 692. The summed E-state index contributed by atoms with van der Waals surface area (Å²) in [6.45, 7) is 7.22. The van der Waals surface area contributed by atoms with Crippen molar-refractivity contribution in [2.24, 2.45) is 0 Å². The summed E-state index contributed by atoms with van der Waals surface area (Å²) in [6.07, 6.45) is 0.219. The molecule has 1 aromatic rings. The van der Waals surface area contributed by atoms with Gasteiger partial charge >= 0.3 is 5.97 Å². The lowest BCUT2D eigenvalue weighted by molar-refractivity contribution is -0.127. The first-order chi connectivity index (χ1) is 12.4. The molecule has 2 amide bonds. The van der Waals surface area contributed by atoms with E-state index >= 15 is 0 Å². The fourth-order valence-electron chi connectivity index (χ4n) is 3.61. The molecule has 0 unspecified atom stereocenters. The number of nitrogens with zero attached hydrogens (tertiary/aromatic N) is 2. The van der Waals surface area contributed by atoms with Gasteiger partial charge < -0.3 is 9.47 Å². The molecule has 0 saturated carbocycles. The van der Waals surface area contributed by atoms with Gasteiger partial charge in [0.1, 0.15) is 0 Å². The van der Waals surface area contributed by atoms with Gasteiger partial charge in [-0.2, -0.15) is 0 Å². The summed E-state index contributed by atoms with van der Waals surface area (Å²) >= 11 is 0. The van der Waals surface area contributed by atoms with Gasteiger partial charge in [-0.05, 0) is 45.0 Å². The third-order valence-corrected chi connectivity index (χ3v) is 4.65. The molecule has 3 atom stereocenters. The number of carbonyl (C=O) groups excluding carboxylic acids is 3. The SMILES string of the molecule is CCOC(=O)c1ccc(N2C(=O)C[C@H](N3C[C@@H](C)O[C@@H](C)C3)C2=O)cc1. The van der Waals surface area contributed by atoms with Crippen LogP contribution in [0.5, 0.6) is 0 Å². The summed E-state index contributed by atoms with van der Waals surface area (Å²) in [5.41, 5.74) is 0.868. The van der Waals surface area contributed by atoms with E-state index in [-0.39, 0.29) is 30.4 Å². The van der Waals surface area contributed by atoms with Crippen LogP contribution < -0.4 is 4.90 Å². The standard InChI is InChI=1S/C19H24N2O5/c1-4-25-19(24)14-5-7-15(8-6-14)21-17(22)9-16(18(21)23)20-10-12(2)26-13(3)11-20/h5-8,12-13,16H,4,9-11H2,1-3H3/t12-,13+,16-/m0/s1. The number of amides is 2. The first-order valence-corrected chi connectivity index (χ1v) is 8.94. The molecule has 2 aliphatic rings. The van der Waals surface area contributed by atoms with Crippen molar-refractivity contribution < 1.29 is 23.9 Å². The monoisotopic (exact) mass is 360 g/mol. The minimum atomic E-state index is -0.457. The molecule has 0 aromatic heterocycles. The second-order valence-corrected chi connectivity index (χ2v) is 6.77. The predicted molar refractivity (Wildman–Crippen MR) is 94.9 cm³/mol. The summed E-state index contributed by atoms with van der Waals surface area (Å²) in [5, 5.41) is 0. The van der Waals surface area contributed by atoms with Crippen molar-refractivity contribution >= 4 is 23.5 Å². The van der Waals surface area contributed by atoms with Crippen LogP contribution in [-0.4, -0.2) is 60.6 Å². The highest BCUT2D eigenvalue weighted by molar-refractivity contribution is 6.22. The van der Waals surface area contributed by atoms with E-state index in [0.29, 0.717) is 30.9 Å². The van der Waals surface area contributed by atoms with E-state index in [9.17, 15) is 14.4 Å². The van der Waals surface area contributed by atoms with Crippen molar-refractivity contribution in [3.8, 4) is 0 Å². The largest absolute Gasteiger partial charge is 0.462 e. The molecule has 0 bridgehead atoms. The van der Waals surface area contributed by atoms with Gasteiger partial charge in [0, 0.05) is 13.1 Å². The van der Waals surface area contributed by atoms with Gasteiger partial charge in [0.2, 0.25) is 5.91 Å². The Kier molecular flexibility index (Phi) is 5.38. The number of anilines is 1. The Hall–Kier alpha value is -2.25. The Morgan fingerprint density at radius 1 is 1.15 bits per heavy atom. The highest BCUT2D eigenvalue weighted by atomic mass is 16.5. The minimum Gasteiger partial charge on any atom is -0.462 e. The smallest absolute Gasteiger partial charge is 0.338 e. The van der Waals surface area contributed by atoms with Crippen molar-refractivity contribution in [2.75, 3.05) is 24.6 Å². The number of esters is 1. The van der Waals surface area contributed by atoms with E-state index in [1.54, 1.807) is 31.2 Å². The molecular weight excluding hydrogens is 336 g/mol. The molecule has 1 aromatic carbocycles. The number of rotatable bonds is 4. The van der Waals surface area contributed by atoms with Crippen LogP contribution in [0.4, 0.5) is 5.69 Å². The van der Waals surface area contributed by atoms with Crippen LogP contribution in [0.15, 0.2) is 24.3 Å². The van der Waals surface area contributed by atoms with Crippen LogP contribution in [0.1, 0.15) is 37.6 Å². The molecule has 0 aliphatic carbocycles. The highest BCUT2D eigenvalue weighted by Crippen LogP contribution is 2.28. The lowest BCUT2D eigenvalue weighted by atomic mass is 10.1. The number of morpholine rings is 1. The summed E-state index contributed by atoms with van der Waals surface area (Å²) in [6, 6.07) is 5.89. The molecular formula is C19H24N2O5. The summed E-state index contributed by atoms with van der Waals surface area (Å²) in [4.78, 5) is 40.3. The maximum Gasteiger partial charge on any atom is 0.338 e. The molecule has 3 rings (SSSR count). The fraction of sp³-hybridized carbons (Fsp3) is 0.526. The molecule has 0 N–H and O–H groups in total. The summed E-state index contributed by atoms with van der Waals surface area (Å²) in [5.74, 6) is -0.872. The van der Waals surface area contributed by atoms with Crippen LogP contribution in [-0.2, 0) is 19.1 Å². The van der Waals surface area contributed by atoms with Crippen LogP contribution in [0.3, 0.4) is 0 Å². The second kappa shape index (κ2) is 7.55. The van der Waals surface area contributed by atoms with Crippen LogP contribution in [0, 0.1) is 0 Å². The number of benzene rings is 1. The van der Waals surface area contributed by atoms with Crippen molar-refractivity contribution in [2.45, 2.75) is 45.4 Å². The molecule has 2 saturated heterocycles. The first kappa shape index (κ1) is 18.5. The Morgan fingerprint density at radius 2 is 1.77 bits per heavy atom. The lowest BCUT2D eigenvalue weighted by Crippen LogP contribution is -2.52. The number of hydrogen-bond acceptors (Lipinski definition) is 6. The summed E-state index contributed by atoms with van der Waals surface area (Å²) < 4.78 is 10.7. The molecule has 0 spiro atoms. The van der Waals surface area contributed by atoms with Crippen LogP contribution in [0.25, 0.3) is 0 Å². The van der Waals surface area contributed by atoms with E-state index in [4.69, 9.17) is 9.47 Å². The highest BCUT2D eigenvalue weighted by Gasteiger charge is 2.44. The zero-order chi connectivity index (χ0) is 18.8. The topological polar surface area (TPSA) is 76.2 Å². The van der Waals surface area contributed by atoms with Gasteiger partial charge in [-0.3, -0.25) is 14.5 Å². The minimum absolute atomic E-state index is 0.0274. The lowest BCUT2D eigenvalue weighted by Gasteiger charge is -2.37. The third-order valence-electron chi connectivity index (χ3n) is 4.65. The van der Waals surface area contributed by atoms with E-state index in [1.807, 2.05) is 18.7 Å². The molecule has 2 fully saturated rings. The number of hydrogen-bond donors (Lipinski definition) is 0. The fourth-order valence-corrected chi connectivity index (χ4v) is 3.61. The van der Waals surface area contributed by atoms with Crippen molar-refractivity contribution in [3.63, 3.8) is 0 Å². The van der Waals surface area contributed by atoms with Crippen molar-refractivity contribution in [1.82, 2.24) is 4.90 Å². The Morgan fingerprint density at radius 3 is 2.35 bits per heavy atom. The second-order valence-electron chi connectivity index (χ2n) is 6.77. The van der Waals surface area contributed by atoms with Crippen molar-refractivity contribution in [1.29, 1.82) is 0 Å². The molecule has 0 radical (unpaired) electrons. The van der Waals surface area contributed by atoms with E-state index < -0.39 is 12.0 Å². The van der Waals surface area contributed by atoms with E-state index in [1.165, 1.54) is 4.90 Å². The van der Waals surface area contributed by atoms with Crippen LogP contribution >= 0.6 is 0 Å². The molecule has 26 heavy (non-hydrogen) atoms. The van der Waals surface area contributed by atoms with E-state index in [0.717, 1.165) is 0 Å². The van der Waals surface area contributed by atoms with Gasteiger partial charge in [-0.25, -0.2) is 9.69 Å². The van der Waals surface area contributed by atoms with Crippen molar-refractivity contribution in [3.05, 3.63) is 29.8 Å². The quantitative estimate of drug-likeness (QED) is 0.600. The average Bonchev–Trinajstić information content (AvgIpc) is 2.89. The normalized spacial score (nSPS) is 27.0. The number of imide groups is 1. The first-order valence-electron chi connectivity index (χ1n) is 8.94. The molecule has 2 heterocycles. The summed E-state index contributed by atoms with van der Waals surface area (Å²) in [7, 11) is 0. The maximum atomic E-state index is 12.9. The third kappa shape index (κ3) is 3.64. The van der Waals surface area contributed by atoms with Gasteiger partial charge in [0.15, 0.2) is 0 Å². The number of carbonyl (C=O) groups is 3. The van der Waals surface area contributed by atoms with Gasteiger partial charge in [-0.1, -0.05) is 0 Å². The van der Waals surface area contributed by atoms with Gasteiger partial charge in [-0.15, -0.1) is 0 Å². The van der Waals surface area contributed by atoms with Crippen LogP contribution in [0.2, 0.25) is 0 Å². The molecule has 7 nitrogen and oxygen atoms in total. The number of ether oxygens (including phenoxy) is 2. The van der Waals surface area contributed by atoms with Gasteiger partial charge in [0.25, 0.3) is 5.91 Å². The zero-order valence-corrected chi connectivity index (χ0v) is 15.3. The van der Waals surface area contributed by atoms with E-state index in [2.05, 4.69) is 0 Å². The predicted octanol–water partition coefficient (Wildman–Crippen LogP) is 1.60. The Balaban J connectivity index is 1.76. The maximum absolute atomic E-state index is 12.9. The average molecular weight is 360 g/mol.